The second kappa shape index (κ2) is 27.3. The molecule has 93 heavy (non-hydrogen) atoms. The maximum atomic E-state index is 15.6. The molecule has 31 heteroatoms. The van der Waals surface area contributed by atoms with Crippen LogP contribution in [-0.2, 0) is 98.5 Å². The van der Waals surface area contributed by atoms with Gasteiger partial charge in [0.2, 0.25) is 35.6 Å². The second-order valence-corrected chi connectivity index (χ2v) is 24.5. The lowest BCUT2D eigenvalue weighted by Gasteiger charge is -2.37. The lowest BCUT2D eigenvalue weighted by Crippen LogP contribution is -2.57. The molecule has 0 radical (unpaired) electrons. The van der Waals surface area contributed by atoms with Crippen molar-refractivity contribution < 1.29 is 94.4 Å². The fraction of sp³-hybridized carbons (Fsp3) is 0.468. The number of pyridine rings is 2. The van der Waals surface area contributed by atoms with Gasteiger partial charge in [0.05, 0.1) is 61.2 Å². The number of ether oxygens (including phenoxy) is 4. The van der Waals surface area contributed by atoms with Gasteiger partial charge in [0.1, 0.15) is 49.0 Å². The van der Waals surface area contributed by atoms with E-state index in [-0.39, 0.29) is 71.4 Å². The molecule has 3 aliphatic heterocycles. The number of cyclic esters (lactones) is 1. The summed E-state index contributed by atoms with van der Waals surface area (Å²) in [7, 11) is 1.11. The molecular weight excluding hydrogens is 1230 g/mol. The van der Waals surface area contributed by atoms with Crippen molar-refractivity contribution >= 4 is 76.2 Å². The normalized spacial score (nSPS) is 17.4. The van der Waals surface area contributed by atoms with E-state index in [0.717, 1.165) is 35.1 Å². The van der Waals surface area contributed by atoms with Gasteiger partial charge >= 0.3 is 24.2 Å². The third kappa shape index (κ3) is 15.5. The summed E-state index contributed by atoms with van der Waals surface area (Å²) in [6.45, 7) is 6.28. The van der Waals surface area contributed by atoms with Crippen molar-refractivity contribution in [2.24, 2.45) is 0 Å². The number of likely N-dealkylation sites (N-methyl/N-ethyl adjacent to an activating group) is 1. The van der Waals surface area contributed by atoms with Crippen LogP contribution in [-0.4, -0.2) is 177 Å². The number of imide groups is 1. The van der Waals surface area contributed by atoms with Gasteiger partial charge in [0.25, 0.3) is 23.3 Å². The monoisotopic (exact) mass is 1300 g/mol. The maximum absolute atomic E-state index is 15.6. The topological polar surface area (TPSA) is 350 Å². The van der Waals surface area contributed by atoms with Crippen LogP contribution in [0.15, 0.2) is 59.4 Å². The van der Waals surface area contributed by atoms with Crippen LogP contribution in [0.1, 0.15) is 106 Å². The molecule has 0 unspecified atom stereocenters. The van der Waals surface area contributed by atoms with Crippen molar-refractivity contribution in [2.75, 3.05) is 46.5 Å². The number of halogens is 4. The number of hydrogen-bond acceptors (Lipinski definition) is 18. The molecule has 4 aliphatic rings. The Kier molecular flexibility index (Phi) is 20.3. The SMILES string of the molecule is CC[C@@]1(O)C(=O)OCc2c1cc1n(c2=O)Cc2c-1nc1cc(F)c(C)c3c1c2[C@@H](N(C)C(=O)[C@H](OCNC(=O)CNC(=O)[C@H](Cc1ccccc1)NC(=O)CNC(=O)CNC(=O)[C@@H](CN(CC(=O)OC(C)(C)C)C(=O)OC(C)(C)C)N1C(=O)C=CC1=O)C(F)(F)F)CC3. The van der Waals surface area contributed by atoms with Gasteiger partial charge in [-0.1, -0.05) is 37.3 Å². The molecule has 27 nitrogen and oxygen atoms in total. The van der Waals surface area contributed by atoms with Crippen molar-refractivity contribution in [3.05, 3.63) is 110 Å². The average molecular weight is 1300 g/mol. The lowest BCUT2D eigenvalue weighted by atomic mass is 9.81. The van der Waals surface area contributed by atoms with Crippen molar-refractivity contribution in [3.8, 4) is 11.4 Å². The number of rotatable bonds is 22. The highest BCUT2D eigenvalue weighted by Crippen LogP contribution is 2.48. The average Bonchev–Trinajstić information content (AvgIpc) is 1.63. The zero-order valence-electron chi connectivity index (χ0n) is 52.2. The van der Waals surface area contributed by atoms with Gasteiger partial charge in [-0.15, -0.1) is 0 Å². The number of aromatic nitrogens is 2. The summed E-state index contributed by atoms with van der Waals surface area (Å²) in [6.07, 6.45) is -8.24. The number of benzene rings is 2. The van der Waals surface area contributed by atoms with E-state index in [0.29, 0.717) is 27.0 Å². The molecule has 8 rings (SSSR count). The highest BCUT2D eigenvalue weighted by atomic mass is 19.4. The van der Waals surface area contributed by atoms with Gasteiger partial charge in [-0.05, 0) is 96.0 Å². The highest BCUT2D eigenvalue weighted by Gasteiger charge is 2.50. The standard InChI is InChI=1S/C62H70F4N10O17/c1-10-61(89)36-21-41-51-34(26-75(41)55(85)35(36)29-90-57(61)87)50-40(17-16-33-31(2)37(63)22-38(72-51)49(33)50)73(9)56(86)52(62(64,65)66)91-30-70-44(78)24-68-53(83)39(20-32-14-12-11-13-15-32)71-45(79)25-67-43(77)23-69-54(84)42(76-46(80)18-19-47(76)81)27-74(58(88)93-60(6,7)8)28-48(82)92-59(3,4)5/h11-15,18-19,21-22,39-40,42,52,89H,10,16-17,20,23-30H2,1-9H3,(H,67,77)(H,68,83)(H,69,84)(H,70,78)(H,71,79)/t39-,40-,42+,52-,61-/m0/s1. The molecule has 0 saturated heterocycles. The molecule has 0 spiro atoms. The van der Waals surface area contributed by atoms with E-state index >= 15 is 4.39 Å². The third-order valence-electron chi connectivity index (χ3n) is 15.7. The first-order valence-corrected chi connectivity index (χ1v) is 29.5. The van der Waals surface area contributed by atoms with Crippen molar-refractivity contribution in [1.82, 2.24) is 50.8 Å². The molecule has 0 saturated carbocycles. The molecule has 498 valence electrons. The minimum absolute atomic E-state index is 0.00269. The summed E-state index contributed by atoms with van der Waals surface area (Å²) in [5, 5.41) is 23.0. The number of carbonyl (C=O) groups is 11. The molecule has 0 fully saturated rings. The van der Waals surface area contributed by atoms with Crippen LogP contribution < -0.4 is 32.1 Å². The highest BCUT2D eigenvalue weighted by molar-refractivity contribution is 6.15. The number of esters is 2. The Morgan fingerprint density at radius 3 is 2.08 bits per heavy atom. The smallest absolute Gasteiger partial charge is 0.423 e. The Balaban J connectivity index is 0.893. The Bertz CT molecular complexity index is 3810. The molecular formula is C62H70F4N10O17. The van der Waals surface area contributed by atoms with Crippen LogP contribution in [0.4, 0.5) is 22.4 Å². The van der Waals surface area contributed by atoms with E-state index in [1.54, 1.807) is 51.1 Å². The summed E-state index contributed by atoms with van der Waals surface area (Å²) in [5.74, 6) is -11.3. The molecule has 1 aliphatic carbocycles. The zero-order valence-corrected chi connectivity index (χ0v) is 52.2. The number of alkyl halides is 3. The number of fused-ring (bicyclic) bond motifs is 5. The van der Waals surface area contributed by atoms with Crippen LogP contribution in [0.2, 0.25) is 0 Å². The Morgan fingerprint density at radius 2 is 1.45 bits per heavy atom. The Labute approximate surface area is 528 Å². The summed E-state index contributed by atoms with van der Waals surface area (Å²) < 4.78 is 82.7. The fourth-order valence-corrected chi connectivity index (χ4v) is 11.2. The van der Waals surface area contributed by atoms with Gasteiger partial charge in [0, 0.05) is 48.2 Å². The largest absolute Gasteiger partial charge is 0.459 e. The predicted octanol–water partition coefficient (Wildman–Crippen LogP) is 1.94. The lowest BCUT2D eigenvalue weighted by molar-refractivity contribution is -0.225. The number of hydrogen-bond donors (Lipinski definition) is 6. The zero-order chi connectivity index (χ0) is 68.4. The van der Waals surface area contributed by atoms with Gasteiger partial charge < -0.3 is 60.1 Å². The summed E-state index contributed by atoms with van der Waals surface area (Å²) in [4.78, 5) is 167. The van der Waals surface area contributed by atoms with E-state index in [4.69, 9.17) is 23.9 Å². The first-order valence-electron chi connectivity index (χ1n) is 29.5. The third-order valence-corrected chi connectivity index (χ3v) is 15.7. The molecule has 0 bridgehead atoms. The van der Waals surface area contributed by atoms with Crippen LogP contribution in [0.25, 0.3) is 22.3 Å². The van der Waals surface area contributed by atoms with Crippen LogP contribution >= 0.6 is 0 Å². The van der Waals surface area contributed by atoms with Gasteiger partial charge in [-0.25, -0.2) is 19.0 Å². The van der Waals surface area contributed by atoms with Crippen LogP contribution in [0.5, 0.6) is 0 Å². The summed E-state index contributed by atoms with van der Waals surface area (Å²) in [6, 6.07) is 6.24. The van der Waals surface area contributed by atoms with E-state index in [9.17, 15) is 75.8 Å². The van der Waals surface area contributed by atoms with Crippen LogP contribution in [0.3, 0.4) is 0 Å². The Morgan fingerprint density at radius 1 is 0.828 bits per heavy atom. The molecule has 5 heterocycles. The number of amides is 9. The molecule has 2 aromatic carbocycles. The number of carbonyl (C=O) groups excluding carboxylic acids is 11. The van der Waals surface area contributed by atoms with E-state index in [2.05, 4.69) is 26.6 Å². The number of aliphatic hydroxyl groups is 1. The number of aryl methyl sites for hydroxylation is 1. The molecule has 2 aromatic heterocycles. The van der Waals surface area contributed by atoms with Crippen molar-refractivity contribution in [1.29, 1.82) is 0 Å². The van der Waals surface area contributed by atoms with Gasteiger partial charge in [-0.3, -0.25) is 57.7 Å². The number of nitrogens with zero attached hydrogens (tertiary/aromatic N) is 5. The molecule has 9 amide bonds. The summed E-state index contributed by atoms with van der Waals surface area (Å²) >= 11 is 0. The Hall–Kier alpha value is -9.65. The number of nitrogens with one attached hydrogen (secondary N) is 5. The van der Waals surface area contributed by atoms with Crippen molar-refractivity contribution in [2.45, 2.75) is 141 Å². The first kappa shape index (κ1) is 69.2. The van der Waals surface area contributed by atoms with E-state index in [1.165, 1.54) is 45.3 Å². The second-order valence-electron chi connectivity index (χ2n) is 24.5. The maximum Gasteiger partial charge on any atom is 0.423 e. The minimum atomic E-state index is -5.38. The van der Waals surface area contributed by atoms with Crippen LogP contribution in [0, 0.1) is 12.7 Å². The fourth-order valence-electron chi connectivity index (χ4n) is 11.2. The molecule has 5 atom stereocenters. The van der Waals surface area contributed by atoms with E-state index in [1.807, 2.05) is 0 Å². The molecule has 6 N–H and O–H groups in total. The first-order chi connectivity index (χ1) is 43.5. The summed E-state index contributed by atoms with van der Waals surface area (Å²) in [5.41, 5.74) is -2.82. The predicted molar refractivity (Wildman–Crippen MR) is 317 cm³/mol. The van der Waals surface area contributed by atoms with Gasteiger partial charge in [-0.2, -0.15) is 13.2 Å². The van der Waals surface area contributed by atoms with Gasteiger partial charge in [0.15, 0.2) is 5.60 Å². The van der Waals surface area contributed by atoms with Crippen molar-refractivity contribution in [3.63, 3.8) is 0 Å². The quantitative estimate of drug-likeness (QED) is 0.0190. The molecule has 4 aromatic rings. The van der Waals surface area contributed by atoms with E-state index < -0.39 is 170 Å². The minimum Gasteiger partial charge on any atom is -0.459 e.